The number of carbonyl (C=O) groups is 1. The zero-order valence-electron chi connectivity index (χ0n) is 13.8. The number of anilines is 1. The van der Waals surface area contributed by atoms with Crippen molar-refractivity contribution in [2.24, 2.45) is 0 Å². The van der Waals surface area contributed by atoms with E-state index in [1.807, 2.05) is 12.1 Å². The molecule has 1 heterocycles. The summed E-state index contributed by atoms with van der Waals surface area (Å²) < 4.78 is 24.5. The molecule has 1 aliphatic rings. The minimum absolute atomic E-state index is 0. The molecule has 1 aromatic carbocycles. The molecule has 1 aliphatic heterocycles. The molecule has 136 valence electrons. The Morgan fingerprint density at radius 2 is 1.92 bits per heavy atom. The molecule has 0 radical (unpaired) electrons. The lowest BCUT2D eigenvalue weighted by Gasteiger charge is -2.35. The van der Waals surface area contributed by atoms with E-state index < -0.39 is 15.8 Å². The van der Waals surface area contributed by atoms with Crippen molar-refractivity contribution < 1.29 is 18.3 Å². The first kappa shape index (κ1) is 20.7. The Bertz CT molecular complexity index is 643. The second-order valence-corrected chi connectivity index (χ2v) is 7.98. The van der Waals surface area contributed by atoms with Crippen molar-refractivity contribution in [3.8, 4) is 0 Å². The summed E-state index contributed by atoms with van der Waals surface area (Å²) in [5, 5.41) is 11.9. The number of sulfone groups is 1. The minimum Gasteiger partial charge on any atom is -0.481 e. The molecule has 0 aromatic heterocycles. The largest absolute Gasteiger partial charge is 0.481 e. The van der Waals surface area contributed by atoms with Gasteiger partial charge in [-0.15, -0.1) is 12.4 Å². The number of piperidine rings is 1. The molecular formula is C16H25ClN2O4S. The Morgan fingerprint density at radius 3 is 2.50 bits per heavy atom. The number of halogens is 1. The highest BCUT2D eigenvalue weighted by Crippen LogP contribution is 2.28. The van der Waals surface area contributed by atoms with Gasteiger partial charge < -0.3 is 15.3 Å². The second kappa shape index (κ2) is 9.25. The predicted octanol–water partition coefficient (Wildman–Crippen LogP) is 1.94. The summed E-state index contributed by atoms with van der Waals surface area (Å²) in [7, 11) is -3.24. The fourth-order valence-corrected chi connectivity index (χ4v) is 3.96. The Kier molecular flexibility index (Phi) is 7.99. The van der Waals surface area contributed by atoms with Crippen LogP contribution in [-0.2, 0) is 14.6 Å². The Labute approximate surface area is 149 Å². The molecule has 1 saturated heterocycles. The fraction of sp³-hybridized carbons (Fsp3) is 0.562. The summed E-state index contributed by atoms with van der Waals surface area (Å²) in [5.41, 5.74) is 0.776. The molecule has 24 heavy (non-hydrogen) atoms. The van der Waals surface area contributed by atoms with Gasteiger partial charge in [-0.25, -0.2) is 8.42 Å². The Hall–Kier alpha value is -1.31. The quantitative estimate of drug-likeness (QED) is 0.756. The van der Waals surface area contributed by atoms with Gasteiger partial charge in [0.05, 0.1) is 22.8 Å². The van der Waals surface area contributed by atoms with Crippen LogP contribution < -0.4 is 10.2 Å². The molecular weight excluding hydrogens is 352 g/mol. The number of hydrogen-bond donors (Lipinski definition) is 2. The maximum Gasteiger partial charge on any atom is 0.304 e. The van der Waals surface area contributed by atoms with E-state index in [1.54, 1.807) is 19.1 Å². The number of aliphatic carboxylic acids is 1. The van der Waals surface area contributed by atoms with Crippen LogP contribution in [0.5, 0.6) is 0 Å². The number of carboxylic acid groups (broad SMARTS) is 1. The van der Waals surface area contributed by atoms with E-state index in [0.29, 0.717) is 17.5 Å². The van der Waals surface area contributed by atoms with Crippen LogP contribution in [0.4, 0.5) is 5.69 Å². The number of carboxylic acids is 1. The molecule has 1 fully saturated rings. The summed E-state index contributed by atoms with van der Waals surface area (Å²) in [6.45, 7) is 3.66. The summed E-state index contributed by atoms with van der Waals surface area (Å²) in [5.74, 6) is -0.703. The Balaban J connectivity index is 0.00000288. The highest BCUT2D eigenvalue weighted by atomic mass is 35.5. The lowest BCUT2D eigenvalue weighted by atomic mass is 10.0. The molecule has 0 spiro atoms. The molecule has 0 bridgehead atoms. The van der Waals surface area contributed by atoms with Gasteiger partial charge in [-0.05, 0) is 25.0 Å². The lowest BCUT2D eigenvalue weighted by Crippen LogP contribution is -2.43. The third-order valence-corrected chi connectivity index (χ3v) is 5.96. The lowest BCUT2D eigenvalue weighted by molar-refractivity contribution is -0.136. The number of nitrogens with one attached hydrogen (secondary N) is 1. The van der Waals surface area contributed by atoms with E-state index in [2.05, 4.69) is 10.2 Å². The molecule has 6 nitrogen and oxygen atoms in total. The maximum absolute atomic E-state index is 12.2. The Morgan fingerprint density at radius 1 is 1.29 bits per heavy atom. The van der Waals surface area contributed by atoms with Gasteiger partial charge in [0.25, 0.3) is 0 Å². The van der Waals surface area contributed by atoms with Gasteiger partial charge in [0.15, 0.2) is 9.84 Å². The molecule has 0 unspecified atom stereocenters. The van der Waals surface area contributed by atoms with Gasteiger partial charge in [0.1, 0.15) is 0 Å². The standard InChI is InChI=1S/C16H24N2O4S.ClH/c1-2-23(21,22)15-6-4-3-5-14(15)18-11-8-13(9-12-18)17-10-7-16(19)20;/h3-6,13,17H,2,7-12H2,1H3,(H,19,20);1H. The summed E-state index contributed by atoms with van der Waals surface area (Å²) >= 11 is 0. The van der Waals surface area contributed by atoms with Crippen molar-refractivity contribution in [2.75, 3.05) is 30.3 Å². The first-order valence-corrected chi connectivity index (χ1v) is 9.61. The van der Waals surface area contributed by atoms with Crippen LogP contribution in [0.15, 0.2) is 29.2 Å². The van der Waals surface area contributed by atoms with Crippen molar-refractivity contribution in [3.05, 3.63) is 24.3 Å². The van der Waals surface area contributed by atoms with Crippen LogP contribution in [-0.4, -0.2) is 50.9 Å². The van der Waals surface area contributed by atoms with Gasteiger partial charge in [-0.3, -0.25) is 4.79 Å². The topological polar surface area (TPSA) is 86.7 Å². The minimum atomic E-state index is -3.24. The molecule has 1 aromatic rings. The predicted molar refractivity (Wildman–Crippen MR) is 96.9 cm³/mol. The van der Waals surface area contributed by atoms with Gasteiger partial charge >= 0.3 is 5.97 Å². The number of nitrogens with zero attached hydrogens (tertiary/aromatic N) is 1. The van der Waals surface area contributed by atoms with Crippen LogP contribution in [0.1, 0.15) is 26.2 Å². The van der Waals surface area contributed by atoms with Crippen molar-refractivity contribution in [1.82, 2.24) is 5.32 Å². The summed E-state index contributed by atoms with van der Waals surface area (Å²) in [6, 6.07) is 7.44. The highest BCUT2D eigenvalue weighted by Gasteiger charge is 2.24. The maximum atomic E-state index is 12.2. The number of hydrogen-bond acceptors (Lipinski definition) is 5. The van der Waals surface area contributed by atoms with Crippen LogP contribution in [0.2, 0.25) is 0 Å². The summed E-state index contributed by atoms with van der Waals surface area (Å²) in [4.78, 5) is 13.0. The van der Waals surface area contributed by atoms with E-state index in [-0.39, 0.29) is 24.6 Å². The smallest absolute Gasteiger partial charge is 0.304 e. The second-order valence-electron chi connectivity index (χ2n) is 5.73. The van der Waals surface area contributed by atoms with Gasteiger partial charge in [-0.1, -0.05) is 19.1 Å². The van der Waals surface area contributed by atoms with E-state index in [4.69, 9.17) is 5.11 Å². The zero-order chi connectivity index (χ0) is 16.9. The van der Waals surface area contributed by atoms with Crippen LogP contribution in [0, 0.1) is 0 Å². The van der Waals surface area contributed by atoms with Gasteiger partial charge in [-0.2, -0.15) is 0 Å². The number of benzene rings is 1. The average molecular weight is 377 g/mol. The summed E-state index contributed by atoms with van der Waals surface area (Å²) in [6.07, 6.45) is 1.87. The van der Waals surface area contributed by atoms with Crippen LogP contribution >= 0.6 is 12.4 Å². The van der Waals surface area contributed by atoms with Crippen molar-refractivity contribution in [2.45, 2.75) is 37.1 Å². The third kappa shape index (κ3) is 5.36. The van der Waals surface area contributed by atoms with E-state index >= 15 is 0 Å². The van der Waals surface area contributed by atoms with Crippen LogP contribution in [0.3, 0.4) is 0 Å². The normalized spacial score (nSPS) is 15.8. The molecule has 2 N–H and O–H groups in total. The monoisotopic (exact) mass is 376 g/mol. The first-order chi connectivity index (χ1) is 10.9. The molecule has 0 atom stereocenters. The first-order valence-electron chi connectivity index (χ1n) is 7.96. The van der Waals surface area contributed by atoms with Crippen molar-refractivity contribution >= 4 is 33.9 Å². The zero-order valence-corrected chi connectivity index (χ0v) is 15.4. The molecule has 0 aliphatic carbocycles. The van der Waals surface area contributed by atoms with E-state index in [1.165, 1.54) is 0 Å². The fourth-order valence-electron chi connectivity index (χ4n) is 2.84. The number of para-hydroxylation sites is 1. The highest BCUT2D eigenvalue weighted by molar-refractivity contribution is 7.91. The third-order valence-electron chi connectivity index (χ3n) is 4.19. The van der Waals surface area contributed by atoms with E-state index in [0.717, 1.165) is 31.6 Å². The molecule has 2 rings (SSSR count). The van der Waals surface area contributed by atoms with Gasteiger partial charge in [0.2, 0.25) is 0 Å². The van der Waals surface area contributed by atoms with Crippen molar-refractivity contribution in [3.63, 3.8) is 0 Å². The molecule has 0 amide bonds. The molecule has 0 saturated carbocycles. The van der Waals surface area contributed by atoms with Crippen LogP contribution in [0.25, 0.3) is 0 Å². The average Bonchev–Trinajstić information content (AvgIpc) is 2.55. The van der Waals surface area contributed by atoms with Gasteiger partial charge in [0, 0.05) is 25.7 Å². The SMILES string of the molecule is CCS(=O)(=O)c1ccccc1N1CCC(NCCC(=O)O)CC1.Cl. The van der Waals surface area contributed by atoms with E-state index in [9.17, 15) is 13.2 Å². The molecule has 8 heteroatoms. The number of rotatable bonds is 7. The van der Waals surface area contributed by atoms with Crippen molar-refractivity contribution in [1.29, 1.82) is 0 Å².